The Morgan fingerprint density at radius 3 is 1.46 bits per heavy atom. The van der Waals surface area contributed by atoms with Crippen molar-refractivity contribution in [3.63, 3.8) is 0 Å². The van der Waals surface area contributed by atoms with Gasteiger partial charge in [0.05, 0.1) is 22.1 Å². The van der Waals surface area contributed by atoms with E-state index in [-0.39, 0.29) is 0 Å². The minimum atomic E-state index is 0.841. The summed E-state index contributed by atoms with van der Waals surface area (Å²) in [5, 5.41) is 0. The Balaban J connectivity index is 1.69. The van der Waals surface area contributed by atoms with E-state index in [1.165, 1.54) is 0 Å². The lowest BCUT2D eigenvalue weighted by molar-refractivity contribution is 0.938. The number of hydrogen-bond acceptors (Lipinski definition) is 3. The molecular weight excluding hydrogens is 322 g/mol. The van der Waals surface area contributed by atoms with Crippen LogP contribution in [0.5, 0.6) is 0 Å². The van der Waals surface area contributed by atoms with Gasteiger partial charge in [0.2, 0.25) is 0 Å². The summed E-state index contributed by atoms with van der Waals surface area (Å²) in [7, 11) is 4.04. The fraction of sp³-hybridized carbons (Fsp3) is 0.0952. The van der Waals surface area contributed by atoms with E-state index in [9.17, 15) is 0 Å². The maximum atomic E-state index is 4.86. The predicted octanol–water partition coefficient (Wildman–Crippen LogP) is 4.19. The molecule has 0 bridgehead atoms. The van der Waals surface area contributed by atoms with Crippen molar-refractivity contribution in [3.05, 3.63) is 66.7 Å². The summed E-state index contributed by atoms with van der Waals surface area (Å²) < 4.78 is 4.16. The molecule has 0 spiro atoms. The fourth-order valence-electron chi connectivity index (χ4n) is 3.43. The Kier molecular flexibility index (Phi) is 3.15. The van der Waals surface area contributed by atoms with E-state index in [1.54, 1.807) is 0 Å². The van der Waals surface area contributed by atoms with Crippen LogP contribution in [0.25, 0.3) is 45.1 Å². The molecule has 126 valence electrons. The largest absolute Gasteiger partial charge is 0.326 e. The molecule has 5 aromatic rings. The number of hydrogen-bond donors (Lipinski definition) is 0. The van der Waals surface area contributed by atoms with Crippen molar-refractivity contribution in [2.45, 2.75) is 0 Å². The minimum Gasteiger partial charge on any atom is -0.326 e. The SMILES string of the molecule is Cn1c(-c2cccc(-c3nc4ccccc4n3C)n2)nc2ccccc21. The number of aromatic nitrogens is 5. The van der Waals surface area contributed by atoms with Crippen LogP contribution in [-0.4, -0.2) is 24.1 Å². The van der Waals surface area contributed by atoms with Crippen LogP contribution in [0.15, 0.2) is 66.7 Å². The second-order valence-corrected chi connectivity index (χ2v) is 6.37. The topological polar surface area (TPSA) is 48.5 Å². The van der Waals surface area contributed by atoms with E-state index in [0.717, 1.165) is 45.1 Å². The number of imidazole rings is 2. The van der Waals surface area contributed by atoms with Crippen LogP contribution in [0.4, 0.5) is 0 Å². The molecule has 0 fully saturated rings. The standard InChI is InChI=1S/C21H17N5/c1-25-18-12-5-3-8-14(18)23-20(25)16-10-7-11-17(22-16)21-24-15-9-4-6-13-19(15)26(21)2/h3-13H,1-2H3. The molecule has 5 rings (SSSR count). The van der Waals surface area contributed by atoms with Crippen LogP contribution in [0.2, 0.25) is 0 Å². The zero-order valence-electron chi connectivity index (χ0n) is 14.6. The van der Waals surface area contributed by atoms with Gasteiger partial charge in [-0.2, -0.15) is 0 Å². The number of para-hydroxylation sites is 4. The predicted molar refractivity (Wildman–Crippen MR) is 104 cm³/mol. The van der Waals surface area contributed by atoms with Crippen LogP contribution >= 0.6 is 0 Å². The number of pyridine rings is 1. The average molecular weight is 339 g/mol. The molecule has 0 saturated heterocycles. The summed E-state index contributed by atoms with van der Waals surface area (Å²) in [6, 6.07) is 22.2. The molecule has 0 aliphatic heterocycles. The number of rotatable bonds is 2. The number of fused-ring (bicyclic) bond motifs is 2. The summed E-state index contributed by atoms with van der Waals surface area (Å²) >= 11 is 0. The van der Waals surface area contributed by atoms with Gasteiger partial charge in [-0.05, 0) is 36.4 Å². The first-order valence-corrected chi connectivity index (χ1v) is 8.53. The molecule has 0 aliphatic carbocycles. The number of benzene rings is 2. The molecule has 5 heteroatoms. The Morgan fingerprint density at radius 1 is 0.538 bits per heavy atom. The van der Waals surface area contributed by atoms with E-state index in [4.69, 9.17) is 15.0 Å². The highest BCUT2D eigenvalue weighted by atomic mass is 15.1. The minimum absolute atomic E-state index is 0.841. The van der Waals surface area contributed by atoms with Gasteiger partial charge < -0.3 is 9.13 Å². The summed E-state index contributed by atoms with van der Waals surface area (Å²) in [5.74, 6) is 1.71. The Morgan fingerprint density at radius 2 is 1.00 bits per heavy atom. The van der Waals surface area contributed by atoms with Crippen molar-refractivity contribution in [1.29, 1.82) is 0 Å². The first kappa shape index (κ1) is 14.8. The lowest BCUT2D eigenvalue weighted by atomic mass is 10.2. The summed E-state index contributed by atoms with van der Waals surface area (Å²) in [4.78, 5) is 14.4. The van der Waals surface area contributed by atoms with Crippen molar-refractivity contribution in [1.82, 2.24) is 24.1 Å². The van der Waals surface area contributed by atoms with Crippen LogP contribution in [0.1, 0.15) is 0 Å². The van der Waals surface area contributed by atoms with Gasteiger partial charge in [-0.25, -0.2) is 15.0 Å². The van der Waals surface area contributed by atoms with Gasteiger partial charge in [-0.15, -0.1) is 0 Å². The van der Waals surface area contributed by atoms with Gasteiger partial charge in [-0.1, -0.05) is 30.3 Å². The average Bonchev–Trinajstić information content (AvgIpc) is 3.20. The maximum absolute atomic E-state index is 4.86. The molecule has 2 aromatic carbocycles. The van der Waals surface area contributed by atoms with Gasteiger partial charge in [0.1, 0.15) is 11.4 Å². The van der Waals surface area contributed by atoms with Crippen molar-refractivity contribution in [2.75, 3.05) is 0 Å². The summed E-state index contributed by atoms with van der Waals surface area (Å²) in [6.07, 6.45) is 0. The first-order valence-electron chi connectivity index (χ1n) is 8.53. The molecule has 0 N–H and O–H groups in total. The Hall–Kier alpha value is -3.47. The molecule has 0 aliphatic rings. The highest BCUT2D eigenvalue weighted by Crippen LogP contribution is 2.26. The molecule has 0 unspecified atom stereocenters. The molecular formula is C21H17N5. The molecule has 0 radical (unpaired) electrons. The second-order valence-electron chi connectivity index (χ2n) is 6.37. The van der Waals surface area contributed by atoms with Gasteiger partial charge in [0.25, 0.3) is 0 Å². The van der Waals surface area contributed by atoms with Crippen LogP contribution in [0, 0.1) is 0 Å². The van der Waals surface area contributed by atoms with E-state index in [2.05, 4.69) is 21.3 Å². The molecule has 5 nitrogen and oxygen atoms in total. The third kappa shape index (κ3) is 2.14. The summed E-state index contributed by atoms with van der Waals surface area (Å²) in [6.45, 7) is 0. The lowest BCUT2D eigenvalue weighted by Gasteiger charge is -2.05. The van der Waals surface area contributed by atoms with Crippen molar-refractivity contribution < 1.29 is 0 Å². The zero-order chi connectivity index (χ0) is 17.7. The van der Waals surface area contributed by atoms with Crippen molar-refractivity contribution in [3.8, 4) is 23.0 Å². The maximum Gasteiger partial charge on any atom is 0.159 e. The van der Waals surface area contributed by atoms with E-state index in [0.29, 0.717) is 0 Å². The third-order valence-electron chi connectivity index (χ3n) is 4.78. The van der Waals surface area contributed by atoms with Gasteiger partial charge in [0.15, 0.2) is 11.6 Å². The lowest BCUT2D eigenvalue weighted by Crippen LogP contribution is -1.98. The first-order chi connectivity index (χ1) is 12.7. The molecule has 0 saturated carbocycles. The fourth-order valence-corrected chi connectivity index (χ4v) is 3.43. The molecule has 3 heterocycles. The normalized spacial score (nSPS) is 11.5. The molecule has 3 aromatic heterocycles. The molecule has 26 heavy (non-hydrogen) atoms. The number of nitrogens with zero attached hydrogens (tertiary/aromatic N) is 5. The Bertz CT molecular complexity index is 1170. The van der Waals surface area contributed by atoms with Crippen molar-refractivity contribution >= 4 is 22.1 Å². The second kappa shape index (κ2) is 5.52. The van der Waals surface area contributed by atoms with Gasteiger partial charge >= 0.3 is 0 Å². The highest BCUT2D eigenvalue weighted by molar-refractivity contribution is 5.81. The molecule has 0 atom stereocenters. The van der Waals surface area contributed by atoms with Gasteiger partial charge in [0, 0.05) is 14.1 Å². The van der Waals surface area contributed by atoms with Crippen LogP contribution in [-0.2, 0) is 14.1 Å². The van der Waals surface area contributed by atoms with Crippen molar-refractivity contribution in [2.24, 2.45) is 14.1 Å². The number of aryl methyl sites for hydroxylation is 2. The molecule has 0 amide bonds. The van der Waals surface area contributed by atoms with E-state index in [1.807, 2.05) is 68.7 Å². The smallest absolute Gasteiger partial charge is 0.159 e. The quantitative estimate of drug-likeness (QED) is 0.484. The highest BCUT2D eigenvalue weighted by Gasteiger charge is 2.14. The Labute approximate surface area is 150 Å². The summed E-state index contributed by atoms with van der Waals surface area (Å²) in [5.41, 5.74) is 5.82. The zero-order valence-corrected chi connectivity index (χ0v) is 14.6. The van der Waals surface area contributed by atoms with E-state index >= 15 is 0 Å². The van der Waals surface area contributed by atoms with Crippen LogP contribution < -0.4 is 0 Å². The van der Waals surface area contributed by atoms with Crippen LogP contribution in [0.3, 0.4) is 0 Å². The monoisotopic (exact) mass is 339 g/mol. The van der Waals surface area contributed by atoms with E-state index < -0.39 is 0 Å². The van der Waals surface area contributed by atoms with Gasteiger partial charge in [-0.3, -0.25) is 0 Å². The third-order valence-corrected chi connectivity index (χ3v) is 4.78.